The molecule has 6 nitrogen and oxygen atoms in total. The SMILES string of the molecule is O=C(Cn1nnc(-c2ccc(F)cc2)n1)NCCc1ccc(Cl)cc1. The second kappa shape index (κ2) is 7.85. The van der Waals surface area contributed by atoms with Crippen LogP contribution in [0.25, 0.3) is 11.4 Å². The molecule has 0 radical (unpaired) electrons. The largest absolute Gasteiger partial charge is 0.354 e. The van der Waals surface area contributed by atoms with Crippen molar-refractivity contribution in [2.45, 2.75) is 13.0 Å². The van der Waals surface area contributed by atoms with Crippen molar-refractivity contribution in [3.8, 4) is 11.4 Å². The number of nitrogens with zero attached hydrogens (tertiary/aromatic N) is 4. The summed E-state index contributed by atoms with van der Waals surface area (Å²) < 4.78 is 12.9. The Bertz CT molecular complexity index is 848. The van der Waals surface area contributed by atoms with Crippen molar-refractivity contribution in [1.82, 2.24) is 25.5 Å². The van der Waals surface area contributed by atoms with Gasteiger partial charge in [0.2, 0.25) is 11.7 Å². The molecule has 0 fully saturated rings. The van der Waals surface area contributed by atoms with Gasteiger partial charge in [0.05, 0.1) is 0 Å². The minimum absolute atomic E-state index is 0.0329. The predicted octanol–water partition coefficient (Wildman–Crippen LogP) is 2.49. The number of nitrogens with one attached hydrogen (secondary N) is 1. The summed E-state index contributed by atoms with van der Waals surface area (Å²) in [6.45, 7) is 0.467. The summed E-state index contributed by atoms with van der Waals surface area (Å²) in [4.78, 5) is 13.1. The van der Waals surface area contributed by atoms with Gasteiger partial charge < -0.3 is 5.32 Å². The molecule has 0 aliphatic rings. The van der Waals surface area contributed by atoms with Crippen LogP contribution in [-0.2, 0) is 17.8 Å². The monoisotopic (exact) mass is 359 g/mol. The first-order chi connectivity index (χ1) is 12.1. The number of hydrogen-bond acceptors (Lipinski definition) is 4. The van der Waals surface area contributed by atoms with Crippen molar-refractivity contribution in [2.24, 2.45) is 0 Å². The van der Waals surface area contributed by atoms with Crippen molar-refractivity contribution >= 4 is 17.5 Å². The van der Waals surface area contributed by atoms with Crippen LogP contribution in [-0.4, -0.2) is 32.7 Å². The van der Waals surface area contributed by atoms with Crippen molar-refractivity contribution < 1.29 is 9.18 Å². The van der Waals surface area contributed by atoms with Gasteiger partial charge in [0.1, 0.15) is 12.4 Å². The number of carbonyl (C=O) groups excluding carboxylic acids is 1. The summed E-state index contributed by atoms with van der Waals surface area (Å²) in [5.74, 6) is -0.206. The fourth-order valence-electron chi connectivity index (χ4n) is 2.21. The summed E-state index contributed by atoms with van der Waals surface area (Å²) in [7, 11) is 0. The molecule has 8 heteroatoms. The van der Waals surface area contributed by atoms with Gasteiger partial charge in [-0.15, -0.1) is 10.2 Å². The summed E-state index contributed by atoms with van der Waals surface area (Å²) in [6.07, 6.45) is 0.703. The van der Waals surface area contributed by atoms with E-state index in [9.17, 15) is 9.18 Å². The first kappa shape index (κ1) is 17.0. The van der Waals surface area contributed by atoms with Crippen molar-refractivity contribution in [3.63, 3.8) is 0 Å². The molecule has 1 aromatic heterocycles. The second-order valence-electron chi connectivity index (χ2n) is 5.38. The average Bonchev–Trinajstić information content (AvgIpc) is 3.06. The van der Waals surface area contributed by atoms with Crippen LogP contribution in [0.1, 0.15) is 5.56 Å². The Morgan fingerprint density at radius 3 is 2.56 bits per heavy atom. The molecular weight excluding hydrogens is 345 g/mol. The maximum Gasteiger partial charge on any atom is 0.243 e. The Morgan fingerprint density at radius 2 is 1.84 bits per heavy atom. The number of carbonyl (C=O) groups is 1. The van der Waals surface area contributed by atoms with Gasteiger partial charge in [-0.3, -0.25) is 4.79 Å². The van der Waals surface area contributed by atoms with Crippen LogP contribution in [0.4, 0.5) is 4.39 Å². The molecular formula is C17H15ClFN5O. The second-order valence-corrected chi connectivity index (χ2v) is 5.81. The third kappa shape index (κ3) is 4.84. The van der Waals surface area contributed by atoms with Crippen molar-refractivity contribution in [1.29, 1.82) is 0 Å². The number of hydrogen-bond donors (Lipinski definition) is 1. The molecule has 2 aromatic carbocycles. The quantitative estimate of drug-likeness (QED) is 0.734. The highest BCUT2D eigenvalue weighted by Gasteiger charge is 2.09. The number of tetrazole rings is 1. The molecule has 1 N–H and O–H groups in total. The third-order valence-corrected chi connectivity index (χ3v) is 3.74. The van der Waals surface area contributed by atoms with Crippen LogP contribution in [0.3, 0.4) is 0 Å². The summed E-state index contributed by atoms with van der Waals surface area (Å²) in [6, 6.07) is 13.2. The standard InChI is InChI=1S/C17H15ClFN5O/c18-14-5-1-12(2-6-14)9-10-20-16(25)11-24-22-17(21-23-24)13-3-7-15(19)8-4-13/h1-8H,9-11H2,(H,20,25). The van der Waals surface area contributed by atoms with Crippen molar-refractivity contribution in [3.05, 3.63) is 64.9 Å². The Hall–Kier alpha value is -2.80. The highest BCUT2D eigenvalue weighted by molar-refractivity contribution is 6.30. The van der Waals surface area contributed by atoms with Crippen LogP contribution >= 0.6 is 11.6 Å². The average molecular weight is 360 g/mol. The molecule has 3 rings (SSSR count). The van der Waals surface area contributed by atoms with Gasteiger partial charge in [-0.25, -0.2) is 4.39 Å². The number of halogens is 2. The lowest BCUT2D eigenvalue weighted by atomic mass is 10.1. The predicted molar refractivity (Wildman–Crippen MR) is 91.4 cm³/mol. The minimum Gasteiger partial charge on any atom is -0.354 e. The topological polar surface area (TPSA) is 72.7 Å². The molecule has 0 saturated carbocycles. The molecule has 0 bridgehead atoms. The Labute approximate surface area is 148 Å². The van der Waals surface area contributed by atoms with Gasteiger partial charge in [-0.1, -0.05) is 23.7 Å². The zero-order valence-corrected chi connectivity index (χ0v) is 13.9. The van der Waals surface area contributed by atoms with Gasteiger partial charge >= 0.3 is 0 Å². The molecule has 128 valence electrons. The summed E-state index contributed by atoms with van der Waals surface area (Å²) >= 11 is 5.83. The van der Waals surface area contributed by atoms with E-state index in [-0.39, 0.29) is 18.3 Å². The van der Waals surface area contributed by atoms with Crippen LogP contribution in [0.2, 0.25) is 5.02 Å². The molecule has 3 aromatic rings. The van der Waals surface area contributed by atoms with E-state index in [1.807, 2.05) is 24.3 Å². The first-order valence-electron chi connectivity index (χ1n) is 7.65. The maximum atomic E-state index is 12.9. The number of benzene rings is 2. The van der Waals surface area contributed by atoms with Crippen LogP contribution in [0.5, 0.6) is 0 Å². The molecule has 1 amide bonds. The number of rotatable bonds is 6. The number of amides is 1. The lowest BCUT2D eigenvalue weighted by Gasteiger charge is -2.04. The molecule has 0 aliphatic heterocycles. The van der Waals surface area contributed by atoms with E-state index in [1.165, 1.54) is 16.9 Å². The molecule has 0 spiro atoms. The highest BCUT2D eigenvalue weighted by atomic mass is 35.5. The van der Waals surface area contributed by atoms with Gasteiger partial charge in [0, 0.05) is 17.1 Å². The van der Waals surface area contributed by atoms with E-state index in [4.69, 9.17) is 11.6 Å². The molecule has 0 atom stereocenters. The Balaban J connectivity index is 1.49. The molecule has 25 heavy (non-hydrogen) atoms. The van der Waals surface area contributed by atoms with Crippen LogP contribution in [0.15, 0.2) is 48.5 Å². The van der Waals surface area contributed by atoms with E-state index in [0.717, 1.165) is 5.56 Å². The Kier molecular flexibility index (Phi) is 5.35. The third-order valence-electron chi connectivity index (χ3n) is 3.49. The normalized spacial score (nSPS) is 10.6. The highest BCUT2D eigenvalue weighted by Crippen LogP contribution is 2.13. The molecule has 0 saturated heterocycles. The summed E-state index contributed by atoms with van der Waals surface area (Å²) in [5.41, 5.74) is 1.72. The van der Waals surface area contributed by atoms with Crippen LogP contribution in [0, 0.1) is 5.82 Å². The lowest BCUT2D eigenvalue weighted by Crippen LogP contribution is -2.30. The van der Waals surface area contributed by atoms with E-state index in [1.54, 1.807) is 12.1 Å². The van der Waals surface area contributed by atoms with E-state index >= 15 is 0 Å². The number of aromatic nitrogens is 4. The van der Waals surface area contributed by atoms with Gasteiger partial charge in [-0.2, -0.15) is 4.80 Å². The van der Waals surface area contributed by atoms with E-state index < -0.39 is 0 Å². The first-order valence-corrected chi connectivity index (χ1v) is 8.03. The summed E-state index contributed by atoms with van der Waals surface area (Å²) in [5, 5.41) is 15.3. The van der Waals surface area contributed by atoms with Gasteiger partial charge in [-0.05, 0) is 53.6 Å². The lowest BCUT2D eigenvalue weighted by molar-refractivity contribution is -0.122. The minimum atomic E-state index is -0.337. The fraction of sp³-hybridized carbons (Fsp3) is 0.176. The molecule has 0 unspecified atom stereocenters. The molecule has 1 heterocycles. The zero-order valence-electron chi connectivity index (χ0n) is 13.2. The van der Waals surface area contributed by atoms with Gasteiger partial charge in [0.25, 0.3) is 0 Å². The van der Waals surface area contributed by atoms with Gasteiger partial charge in [0.15, 0.2) is 0 Å². The van der Waals surface area contributed by atoms with Crippen LogP contribution < -0.4 is 5.32 Å². The fourth-order valence-corrected chi connectivity index (χ4v) is 2.33. The smallest absolute Gasteiger partial charge is 0.243 e. The Morgan fingerprint density at radius 1 is 1.12 bits per heavy atom. The molecule has 0 aliphatic carbocycles. The zero-order chi connectivity index (χ0) is 17.6. The van der Waals surface area contributed by atoms with E-state index in [2.05, 4.69) is 20.7 Å². The van der Waals surface area contributed by atoms with Crippen molar-refractivity contribution in [2.75, 3.05) is 6.54 Å². The van der Waals surface area contributed by atoms with E-state index in [0.29, 0.717) is 29.4 Å². The maximum absolute atomic E-state index is 12.9.